The van der Waals surface area contributed by atoms with E-state index in [4.69, 9.17) is 13.6 Å². The van der Waals surface area contributed by atoms with E-state index in [1.54, 1.807) is 36.4 Å². The Morgan fingerprint density at radius 3 is 2.44 bits per heavy atom. The van der Waals surface area contributed by atoms with Crippen molar-refractivity contribution in [2.45, 2.75) is 5.22 Å². The SMILES string of the molecule is O=C(CSc1nnc(-c2ccco2)o1)c1ccc(Oc2ccccc2)cc1. The number of carbonyl (C=O) groups excluding carboxylic acids is 1. The number of furan rings is 1. The quantitative estimate of drug-likeness (QED) is 0.327. The first-order chi connectivity index (χ1) is 13.3. The average Bonchev–Trinajstić information content (AvgIpc) is 3.39. The molecule has 0 aliphatic rings. The lowest BCUT2D eigenvalue weighted by Crippen LogP contribution is -2.02. The van der Waals surface area contributed by atoms with Crippen molar-refractivity contribution < 1.29 is 18.4 Å². The van der Waals surface area contributed by atoms with Crippen LogP contribution in [0.25, 0.3) is 11.7 Å². The average molecular weight is 378 g/mol. The maximum atomic E-state index is 12.4. The third-order valence-corrected chi connectivity index (χ3v) is 4.44. The molecular formula is C20H14N2O4S. The highest BCUT2D eigenvalue weighted by Gasteiger charge is 2.14. The number of rotatable bonds is 7. The number of aromatic nitrogens is 2. The van der Waals surface area contributed by atoms with Gasteiger partial charge in [0.05, 0.1) is 12.0 Å². The molecule has 134 valence electrons. The zero-order valence-electron chi connectivity index (χ0n) is 14.1. The molecular weight excluding hydrogens is 364 g/mol. The summed E-state index contributed by atoms with van der Waals surface area (Å²) in [5.41, 5.74) is 0.591. The summed E-state index contributed by atoms with van der Waals surface area (Å²) in [7, 11) is 0. The van der Waals surface area contributed by atoms with E-state index in [1.807, 2.05) is 30.3 Å². The molecule has 4 aromatic rings. The van der Waals surface area contributed by atoms with Crippen molar-refractivity contribution in [2.24, 2.45) is 0 Å². The van der Waals surface area contributed by atoms with Gasteiger partial charge < -0.3 is 13.6 Å². The number of hydrogen-bond acceptors (Lipinski definition) is 7. The Labute approximate surface area is 159 Å². The van der Waals surface area contributed by atoms with Gasteiger partial charge in [0.2, 0.25) is 0 Å². The summed E-state index contributed by atoms with van der Waals surface area (Å²) in [6, 6.07) is 20.0. The number of thioether (sulfide) groups is 1. The molecule has 0 unspecified atom stereocenters. The summed E-state index contributed by atoms with van der Waals surface area (Å²) >= 11 is 1.19. The van der Waals surface area contributed by atoms with E-state index in [0.29, 0.717) is 22.3 Å². The Hall–Kier alpha value is -3.32. The molecule has 27 heavy (non-hydrogen) atoms. The van der Waals surface area contributed by atoms with Gasteiger partial charge in [-0.25, -0.2) is 0 Å². The minimum absolute atomic E-state index is 0.0380. The molecule has 0 atom stereocenters. The maximum Gasteiger partial charge on any atom is 0.284 e. The second-order valence-corrected chi connectivity index (χ2v) is 6.43. The summed E-state index contributed by atoms with van der Waals surface area (Å²) in [5.74, 6) is 2.36. The van der Waals surface area contributed by atoms with Crippen LogP contribution in [0.1, 0.15) is 10.4 Å². The van der Waals surface area contributed by atoms with Crippen molar-refractivity contribution >= 4 is 17.5 Å². The van der Waals surface area contributed by atoms with E-state index in [9.17, 15) is 4.79 Å². The monoisotopic (exact) mass is 378 g/mol. The van der Waals surface area contributed by atoms with E-state index in [0.717, 1.165) is 5.75 Å². The van der Waals surface area contributed by atoms with Gasteiger partial charge >= 0.3 is 0 Å². The van der Waals surface area contributed by atoms with Crippen LogP contribution < -0.4 is 4.74 Å². The van der Waals surface area contributed by atoms with Crippen molar-refractivity contribution in [3.63, 3.8) is 0 Å². The topological polar surface area (TPSA) is 78.4 Å². The van der Waals surface area contributed by atoms with Crippen LogP contribution in [0.15, 0.2) is 87.1 Å². The molecule has 2 heterocycles. The highest BCUT2D eigenvalue weighted by Crippen LogP contribution is 2.25. The van der Waals surface area contributed by atoms with Gasteiger partial charge in [-0.15, -0.1) is 10.2 Å². The molecule has 0 bridgehead atoms. The van der Waals surface area contributed by atoms with Gasteiger partial charge in [-0.2, -0.15) is 0 Å². The van der Waals surface area contributed by atoms with Crippen molar-refractivity contribution in [3.8, 4) is 23.1 Å². The molecule has 6 nitrogen and oxygen atoms in total. The minimum Gasteiger partial charge on any atom is -0.459 e. The zero-order valence-corrected chi connectivity index (χ0v) is 14.9. The first-order valence-electron chi connectivity index (χ1n) is 8.14. The minimum atomic E-state index is -0.0380. The molecule has 2 aromatic heterocycles. The van der Waals surface area contributed by atoms with Gasteiger partial charge in [0.15, 0.2) is 11.5 Å². The zero-order chi connectivity index (χ0) is 18.5. The lowest BCUT2D eigenvalue weighted by Gasteiger charge is -2.06. The molecule has 0 radical (unpaired) electrons. The normalized spacial score (nSPS) is 10.7. The van der Waals surface area contributed by atoms with Crippen LogP contribution in [0.5, 0.6) is 11.5 Å². The third kappa shape index (κ3) is 4.27. The summed E-state index contributed by atoms with van der Waals surface area (Å²) in [6.07, 6.45) is 1.53. The predicted octanol–water partition coefficient (Wildman–Crippen LogP) is 5.10. The second-order valence-electron chi connectivity index (χ2n) is 5.50. The van der Waals surface area contributed by atoms with Crippen LogP contribution in [-0.2, 0) is 0 Å². The predicted molar refractivity (Wildman–Crippen MR) is 100 cm³/mol. The van der Waals surface area contributed by atoms with Gasteiger partial charge in [0.25, 0.3) is 11.1 Å². The highest BCUT2D eigenvalue weighted by atomic mass is 32.2. The Morgan fingerprint density at radius 1 is 0.926 bits per heavy atom. The van der Waals surface area contributed by atoms with Crippen LogP contribution in [0.2, 0.25) is 0 Å². The first-order valence-corrected chi connectivity index (χ1v) is 9.13. The molecule has 0 amide bonds. The maximum absolute atomic E-state index is 12.4. The molecule has 4 rings (SSSR count). The van der Waals surface area contributed by atoms with Gasteiger partial charge in [0.1, 0.15) is 11.5 Å². The van der Waals surface area contributed by atoms with Crippen molar-refractivity contribution in [2.75, 3.05) is 5.75 Å². The molecule has 0 aliphatic carbocycles. The summed E-state index contributed by atoms with van der Waals surface area (Å²) in [6.45, 7) is 0. The Balaban J connectivity index is 1.34. The molecule has 7 heteroatoms. The van der Waals surface area contributed by atoms with Crippen LogP contribution >= 0.6 is 11.8 Å². The molecule has 0 saturated heterocycles. The van der Waals surface area contributed by atoms with E-state index in [-0.39, 0.29) is 17.4 Å². The van der Waals surface area contributed by atoms with Crippen molar-refractivity contribution in [1.29, 1.82) is 0 Å². The van der Waals surface area contributed by atoms with E-state index < -0.39 is 0 Å². The number of hydrogen-bond donors (Lipinski definition) is 0. The Bertz CT molecular complexity index is 1010. The standard InChI is InChI=1S/C20H14N2O4S/c23-17(13-27-20-22-21-19(26-20)18-7-4-12-24-18)14-8-10-16(11-9-14)25-15-5-2-1-3-6-15/h1-12H,13H2. The number of ketones is 1. The number of benzene rings is 2. The van der Waals surface area contributed by atoms with Crippen LogP contribution in [0.3, 0.4) is 0 Å². The van der Waals surface area contributed by atoms with Gasteiger partial charge in [0, 0.05) is 5.56 Å². The number of nitrogens with zero attached hydrogens (tertiary/aromatic N) is 2. The summed E-state index contributed by atoms with van der Waals surface area (Å²) in [4.78, 5) is 12.4. The van der Waals surface area contributed by atoms with Gasteiger partial charge in [-0.05, 0) is 48.5 Å². The van der Waals surface area contributed by atoms with Crippen LogP contribution in [0, 0.1) is 0 Å². The van der Waals surface area contributed by atoms with E-state index in [1.165, 1.54) is 18.0 Å². The van der Waals surface area contributed by atoms with Gasteiger partial charge in [-0.1, -0.05) is 30.0 Å². The number of ether oxygens (including phenoxy) is 1. The lowest BCUT2D eigenvalue weighted by atomic mass is 10.1. The third-order valence-electron chi connectivity index (χ3n) is 3.62. The smallest absolute Gasteiger partial charge is 0.284 e. The van der Waals surface area contributed by atoms with Crippen molar-refractivity contribution in [3.05, 3.63) is 78.6 Å². The highest BCUT2D eigenvalue weighted by molar-refractivity contribution is 7.99. The number of Topliss-reactive ketones (excluding diaryl/α,β-unsaturated/α-hetero) is 1. The van der Waals surface area contributed by atoms with Crippen molar-refractivity contribution in [1.82, 2.24) is 10.2 Å². The molecule has 0 saturated carbocycles. The summed E-state index contributed by atoms with van der Waals surface area (Å²) < 4.78 is 16.4. The Kier molecular flexibility index (Phi) is 5.02. The van der Waals surface area contributed by atoms with E-state index in [2.05, 4.69) is 10.2 Å². The fraction of sp³-hybridized carbons (Fsp3) is 0.0500. The van der Waals surface area contributed by atoms with Crippen LogP contribution in [-0.4, -0.2) is 21.7 Å². The molecule has 2 aromatic carbocycles. The van der Waals surface area contributed by atoms with E-state index >= 15 is 0 Å². The second kappa shape index (κ2) is 7.92. The number of para-hydroxylation sites is 1. The molecule has 0 aliphatic heterocycles. The summed E-state index contributed by atoms with van der Waals surface area (Å²) in [5, 5.41) is 8.13. The lowest BCUT2D eigenvalue weighted by molar-refractivity contribution is 0.102. The fourth-order valence-electron chi connectivity index (χ4n) is 2.31. The Morgan fingerprint density at radius 2 is 1.70 bits per heavy atom. The first kappa shape index (κ1) is 17.1. The van der Waals surface area contributed by atoms with Crippen LogP contribution in [0.4, 0.5) is 0 Å². The van der Waals surface area contributed by atoms with Gasteiger partial charge in [-0.3, -0.25) is 4.79 Å². The molecule has 0 N–H and O–H groups in total. The molecule has 0 spiro atoms. The molecule has 0 fully saturated rings. The number of carbonyl (C=O) groups is 1. The fourth-order valence-corrected chi connectivity index (χ4v) is 2.97. The largest absolute Gasteiger partial charge is 0.459 e.